The molecule has 0 amide bonds. The molecule has 1 fully saturated rings. The van der Waals surface area contributed by atoms with Crippen molar-refractivity contribution in [2.45, 2.75) is 44.9 Å². The van der Waals surface area contributed by atoms with Gasteiger partial charge in [-0.3, -0.25) is 0 Å². The molecule has 1 atom stereocenters. The van der Waals surface area contributed by atoms with Crippen LogP contribution in [0.3, 0.4) is 0 Å². The predicted molar refractivity (Wildman–Crippen MR) is 79.4 cm³/mol. The third-order valence-electron chi connectivity index (χ3n) is 3.90. The van der Waals surface area contributed by atoms with Gasteiger partial charge < -0.3 is 4.90 Å². The lowest BCUT2D eigenvalue weighted by atomic mass is 9.98. The molecule has 1 saturated heterocycles. The van der Waals surface area contributed by atoms with Crippen molar-refractivity contribution < 1.29 is 0 Å². The Bertz CT molecular complexity index is 353. The van der Waals surface area contributed by atoms with Crippen molar-refractivity contribution in [3.63, 3.8) is 0 Å². The average Bonchev–Trinajstić information content (AvgIpc) is 2.74. The lowest BCUT2D eigenvalue weighted by Crippen LogP contribution is -2.27. The second-order valence-corrected chi connectivity index (χ2v) is 6.37. The van der Waals surface area contributed by atoms with Gasteiger partial charge in [-0.25, -0.2) is 4.98 Å². The Hall–Kier alpha value is -0.120. The Labute approximate surface area is 119 Å². The van der Waals surface area contributed by atoms with Crippen LogP contribution in [0.1, 0.15) is 43.3 Å². The van der Waals surface area contributed by atoms with Crippen LogP contribution in [0, 0.1) is 5.92 Å². The summed E-state index contributed by atoms with van der Waals surface area (Å²) in [7, 11) is 0. The molecule has 18 heavy (non-hydrogen) atoms. The van der Waals surface area contributed by atoms with Gasteiger partial charge in [-0.1, -0.05) is 13.3 Å². The molecule has 102 valence electrons. The van der Waals surface area contributed by atoms with E-state index in [4.69, 9.17) is 11.6 Å². The van der Waals surface area contributed by atoms with Gasteiger partial charge in [-0.15, -0.1) is 22.9 Å². The van der Waals surface area contributed by atoms with Gasteiger partial charge in [0.15, 0.2) is 0 Å². The molecule has 0 radical (unpaired) electrons. The fourth-order valence-corrected chi connectivity index (χ4v) is 3.65. The van der Waals surface area contributed by atoms with Gasteiger partial charge in [0, 0.05) is 18.3 Å². The minimum Gasteiger partial charge on any atom is -0.303 e. The third-order valence-corrected chi connectivity index (χ3v) is 5.13. The van der Waals surface area contributed by atoms with E-state index in [0.29, 0.717) is 5.88 Å². The van der Waals surface area contributed by atoms with Crippen molar-refractivity contribution in [2.24, 2.45) is 5.92 Å². The highest BCUT2D eigenvalue weighted by Crippen LogP contribution is 2.20. The summed E-state index contributed by atoms with van der Waals surface area (Å²) in [5.74, 6) is 1.50. The monoisotopic (exact) mass is 286 g/mol. The maximum atomic E-state index is 5.78. The lowest BCUT2D eigenvalue weighted by molar-refractivity contribution is 0.283. The molecular weight excluding hydrogens is 264 g/mol. The molecule has 1 aromatic rings. The lowest BCUT2D eigenvalue weighted by Gasteiger charge is -2.19. The Morgan fingerprint density at radius 3 is 3.06 bits per heavy atom. The predicted octanol–water partition coefficient (Wildman–Crippen LogP) is 3.94. The fourth-order valence-electron chi connectivity index (χ4n) is 2.64. The summed E-state index contributed by atoms with van der Waals surface area (Å²) < 4.78 is 0. The molecule has 4 heteroatoms. The van der Waals surface area contributed by atoms with Crippen LogP contribution in [0.4, 0.5) is 0 Å². The highest BCUT2D eigenvalue weighted by Gasteiger charge is 2.15. The van der Waals surface area contributed by atoms with E-state index in [0.717, 1.165) is 24.6 Å². The van der Waals surface area contributed by atoms with Crippen molar-refractivity contribution in [3.8, 4) is 0 Å². The van der Waals surface area contributed by atoms with Crippen LogP contribution in [0.2, 0.25) is 0 Å². The van der Waals surface area contributed by atoms with Crippen molar-refractivity contribution in [1.29, 1.82) is 0 Å². The van der Waals surface area contributed by atoms with Crippen LogP contribution in [-0.2, 0) is 12.3 Å². The summed E-state index contributed by atoms with van der Waals surface area (Å²) in [6.07, 6.45) is 6.59. The smallest absolute Gasteiger partial charge is 0.0941 e. The number of aromatic nitrogens is 1. The van der Waals surface area contributed by atoms with Crippen molar-refractivity contribution in [1.82, 2.24) is 9.88 Å². The van der Waals surface area contributed by atoms with E-state index in [9.17, 15) is 0 Å². The zero-order chi connectivity index (χ0) is 12.8. The first-order valence-corrected chi connectivity index (χ1v) is 8.44. The minimum atomic E-state index is 0.540. The molecule has 0 N–H and O–H groups in total. The summed E-state index contributed by atoms with van der Waals surface area (Å²) in [5.41, 5.74) is 1.03. The number of thiazole rings is 1. The van der Waals surface area contributed by atoms with Crippen LogP contribution in [0.5, 0.6) is 0 Å². The molecule has 0 spiro atoms. The number of hydrogen-bond acceptors (Lipinski definition) is 3. The van der Waals surface area contributed by atoms with Crippen LogP contribution in [0.15, 0.2) is 5.38 Å². The molecule has 2 nitrogen and oxygen atoms in total. The number of halogens is 1. The molecule has 2 heterocycles. The second kappa shape index (κ2) is 7.46. The standard InChI is InChI=1S/C14H23ClN2S/c1-2-12-4-3-7-17(8-5-12)9-6-14-16-13(10-15)11-18-14/h11-12H,2-10H2,1H3. The number of hydrogen-bond donors (Lipinski definition) is 0. The van der Waals surface area contributed by atoms with Crippen molar-refractivity contribution in [2.75, 3.05) is 19.6 Å². The van der Waals surface area contributed by atoms with E-state index in [2.05, 4.69) is 22.2 Å². The Morgan fingerprint density at radius 2 is 2.33 bits per heavy atom. The van der Waals surface area contributed by atoms with E-state index >= 15 is 0 Å². The molecule has 1 aliphatic heterocycles. The highest BCUT2D eigenvalue weighted by atomic mass is 35.5. The van der Waals surface area contributed by atoms with Gasteiger partial charge in [0.25, 0.3) is 0 Å². The first kappa shape index (κ1) is 14.3. The molecule has 1 aromatic heterocycles. The number of rotatable bonds is 5. The van der Waals surface area contributed by atoms with E-state index in [1.54, 1.807) is 11.3 Å². The number of nitrogens with zero attached hydrogens (tertiary/aromatic N) is 2. The number of likely N-dealkylation sites (tertiary alicyclic amines) is 1. The van der Waals surface area contributed by atoms with E-state index in [1.165, 1.54) is 43.8 Å². The molecule has 0 bridgehead atoms. The topological polar surface area (TPSA) is 16.1 Å². The molecule has 0 saturated carbocycles. The summed E-state index contributed by atoms with van der Waals surface area (Å²) in [6.45, 7) is 6.02. The molecule has 0 aliphatic carbocycles. The molecule has 1 aliphatic rings. The van der Waals surface area contributed by atoms with Crippen LogP contribution in [0.25, 0.3) is 0 Å². The summed E-state index contributed by atoms with van der Waals surface area (Å²) >= 11 is 7.53. The van der Waals surface area contributed by atoms with Gasteiger partial charge in [0.05, 0.1) is 16.6 Å². The van der Waals surface area contributed by atoms with Gasteiger partial charge in [-0.05, 0) is 38.3 Å². The summed E-state index contributed by atoms with van der Waals surface area (Å²) in [5, 5.41) is 3.32. The van der Waals surface area contributed by atoms with Gasteiger partial charge >= 0.3 is 0 Å². The van der Waals surface area contributed by atoms with E-state index in [1.807, 2.05) is 0 Å². The van der Waals surface area contributed by atoms with Crippen LogP contribution >= 0.6 is 22.9 Å². The largest absolute Gasteiger partial charge is 0.303 e. The van der Waals surface area contributed by atoms with E-state index < -0.39 is 0 Å². The zero-order valence-electron chi connectivity index (χ0n) is 11.2. The summed E-state index contributed by atoms with van der Waals surface area (Å²) in [4.78, 5) is 7.14. The maximum Gasteiger partial charge on any atom is 0.0941 e. The zero-order valence-corrected chi connectivity index (χ0v) is 12.8. The van der Waals surface area contributed by atoms with Crippen molar-refractivity contribution >= 4 is 22.9 Å². The molecule has 2 rings (SSSR count). The third kappa shape index (κ3) is 4.22. The molecule has 0 aromatic carbocycles. The van der Waals surface area contributed by atoms with Crippen LogP contribution in [-0.4, -0.2) is 29.5 Å². The fraction of sp³-hybridized carbons (Fsp3) is 0.786. The normalized spacial score (nSPS) is 22.0. The molecular formula is C14H23ClN2S. The molecule has 1 unspecified atom stereocenters. The Morgan fingerprint density at radius 1 is 1.44 bits per heavy atom. The first-order chi connectivity index (χ1) is 8.81. The average molecular weight is 287 g/mol. The van der Waals surface area contributed by atoms with Crippen molar-refractivity contribution in [3.05, 3.63) is 16.1 Å². The number of alkyl halides is 1. The Balaban J connectivity index is 1.76. The quantitative estimate of drug-likeness (QED) is 0.762. The maximum absolute atomic E-state index is 5.78. The van der Waals surface area contributed by atoms with Gasteiger partial charge in [-0.2, -0.15) is 0 Å². The van der Waals surface area contributed by atoms with Crippen LogP contribution < -0.4 is 0 Å². The first-order valence-electron chi connectivity index (χ1n) is 7.03. The summed E-state index contributed by atoms with van der Waals surface area (Å²) in [6, 6.07) is 0. The van der Waals surface area contributed by atoms with Gasteiger partial charge in [0.1, 0.15) is 0 Å². The van der Waals surface area contributed by atoms with Gasteiger partial charge in [0.2, 0.25) is 0 Å². The second-order valence-electron chi connectivity index (χ2n) is 5.16. The van der Waals surface area contributed by atoms with E-state index in [-0.39, 0.29) is 0 Å². The Kier molecular flexibility index (Phi) is 5.93. The highest BCUT2D eigenvalue weighted by molar-refractivity contribution is 7.09. The SMILES string of the molecule is CCC1CCCN(CCc2nc(CCl)cs2)CC1. The minimum absolute atomic E-state index is 0.540.